The highest BCUT2D eigenvalue weighted by molar-refractivity contribution is 9.10. The van der Waals surface area contributed by atoms with Gasteiger partial charge in [0.2, 0.25) is 5.91 Å². The molecule has 2 heterocycles. The van der Waals surface area contributed by atoms with E-state index in [0.29, 0.717) is 23.9 Å². The number of carbonyl (C=O) groups is 1. The topological polar surface area (TPSA) is 62.5 Å². The second kappa shape index (κ2) is 4.18. The van der Waals surface area contributed by atoms with Crippen LogP contribution in [0.15, 0.2) is 9.22 Å². The highest BCUT2D eigenvalue weighted by atomic mass is 79.9. The van der Waals surface area contributed by atoms with Gasteiger partial charge in [-0.15, -0.1) is 0 Å². The third kappa shape index (κ3) is 2.28. The molecule has 0 N–H and O–H groups in total. The van der Waals surface area contributed by atoms with Gasteiger partial charge < -0.3 is 14.2 Å². The van der Waals surface area contributed by atoms with Crippen LogP contribution in [0, 0.1) is 0 Å². The number of hydrogen-bond acceptors (Lipinski definition) is 5. The van der Waals surface area contributed by atoms with Crippen molar-refractivity contribution in [2.24, 2.45) is 0 Å². The minimum Gasteiger partial charge on any atom is -0.397 e. The summed E-state index contributed by atoms with van der Waals surface area (Å²) in [6, 6.07) is 0.505. The van der Waals surface area contributed by atoms with Gasteiger partial charge in [0.05, 0.1) is 0 Å². The molecular weight excluding hydrogens is 264 g/mol. The smallest absolute Gasteiger partial charge is 0.318 e. The van der Waals surface area contributed by atoms with Crippen molar-refractivity contribution >= 4 is 27.9 Å². The maximum Gasteiger partial charge on any atom is 0.318 e. The van der Waals surface area contributed by atoms with Gasteiger partial charge in [-0.3, -0.25) is 4.79 Å². The van der Waals surface area contributed by atoms with Crippen molar-refractivity contribution in [2.45, 2.75) is 6.92 Å². The summed E-state index contributed by atoms with van der Waals surface area (Å²) in [6.45, 7) is 4.45. The molecule has 0 aromatic carbocycles. The van der Waals surface area contributed by atoms with Crippen LogP contribution in [0.3, 0.4) is 0 Å². The third-order valence-electron chi connectivity index (χ3n) is 2.39. The maximum absolute atomic E-state index is 11.1. The lowest BCUT2D eigenvalue weighted by atomic mass is 10.3. The molecule has 6 nitrogen and oxygen atoms in total. The van der Waals surface area contributed by atoms with Gasteiger partial charge in [0.15, 0.2) is 0 Å². The van der Waals surface area contributed by atoms with Crippen molar-refractivity contribution in [3.05, 3.63) is 4.80 Å². The molecule has 0 aliphatic carbocycles. The van der Waals surface area contributed by atoms with Crippen LogP contribution < -0.4 is 4.90 Å². The fraction of sp³-hybridized carbons (Fsp3) is 0.625. The lowest BCUT2D eigenvalue weighted by molar-refractivity contribution is -0.129. The molecule has 1 fully saturated rings. The van der Waals surface area contributed by atoms with E-state index in [1.165, 1.54) is 0 Å². The Balaban J connectivity index is 1.96. The second-order valence-corrected chi connectivity index (χ2v) is 4.01. The minimum atomic E-state index is 0.112. The molecule has 0 radical (unpaired) electrons. The van der Waals surface area contributed by atoms with Crippen LogP contribution in [-0.2, 0) is 4.79 Å². The van der Waals surface area contributed by atoms with Crippen molar-refractivity contribution in [1.29, 1.82) is 0 Å². The molecule has 82 valence electrons. The first kappa shape index (κ1) is 10.4. The number of amides is 1. The Morgan fingerprint density at radius 3 is 2.47 bits per heavy atom. The average molecular weight is 275 g/mol. The van der Waals surface area contributed by atoms with Crippen LogP contribution in [0.5, 0.6) is 0 Å². The Bertz CT molecular complexity index is 359. The molecule has 7 heteroatoms. The van der Waals surface area contributed by atoms with Gasteiger partial charge in [-0.1, -0.05) is 10.2 Å². The van der Waals surface area contributed by atoms with Gasteiger partial charge >= 0.3 is 6.01 Å². The van der Waals surface area contributed by atoms with E-state index in [1.807, 2.05) is 9.80 Å². The van der Waals surface area contributed by atoms with Crippen LogP contribution in [0.4, 0.5) is 6.01 Å². The first-order valence-electron chi connectivity index (χ1n) is 4.66. The third-order valence-corrected chi connectivity index (χ3v) is 2.71. The molecule has 0 bridgehead atoms. The number of nitrogens with zero attached hydrogens (tertiary/aromatic N) is 4. The van der Waals surface area contributed by atoms with Gasteiger partial charge in [-0.25, -0.2) is 0 Å². The van der Waals surface area contributed by atoms with E-state index in [9.17, 15) is 4.79 Å². The Morgan fingerprint density at radius 2 is 2.00 bits per heavy atom. The van der Waals surface area contributed by atoms with Crippen LogP contribution in [0.1, 0.15) is 6.92 Å². The number of anilines is 1. The van der Waals surface area contributed by atoms with Crippen molar-refractivity contribution in [1.82, 2.24) is 15.1 Å². The highest BCUT2D eigenvalue weighted by Crippen LogP contribution is 2.17. The summed E-state index contributed by atoms with van der Waals surface area (Å²) in [6.07, 6.45) is 0. The molecule has 0 unspecified atom stereocenters. The number of piperazine rings is 1. The summed E-state index contributed by atoms with van der Waals surface area (Å²) < 4.78 is 5.24. The molecule has 1 aromatic rings. The van der Waals surface area contributed by atoms with E-state index in [4.69, 9.17) is 4.42 Å². The Morgan fingerprint density at radius 1 is 1.33 bits per heavy atom. The van der Waals surface area contributed by atoms with E-state index < -0.39 is 0 Å². The molecule has 0 saturated carbocycles. The van der Waals surface area contributed by atoms with E-state index in [2.05, 4.69) is 26.1 Å². The van der Waals surface area contributed by atoms with Crippen LogP contribution in [-0.4, -0.2) is 47.2 Å². The van der Waals surface area contributed by atoms with Gasteiger partial charge in [-0.05, 0) is 0 Å². The zero-order chi connectivity index (χ0) is 10.8. The van der Waals surface area contributed by atoms with E-state index >= 15 is 0 Å². The van der Waals surface area contributed by atoms with Crippen LogP contribution in [0.25, 0.3) is 0 Å². The summed E-state index contributed by atoms with van der Waals surface area (Å²) in [5, 5.41) is 7.59. The monoisotopic (exact) mass is 274 g/mol. The SMILES string of the molecule is CC(=O)N1CCN(c2nnc(Br)o2)CC1. The zero-order valence-corrected chi connectivity index (χ0v) is 9.90. The van der Waals surface area contributed by atoms with E-state index in [-0.39, 0.29) is 5.91 Å². The largest absolute Gasteiger partial charge is 0.397 e. The van der Waals surface area contributed by atoms with Gasteiger partial charge in [-0.2, -0.15) is 0 Å². The van der Waals surface area contributed by atoms with E-state index in [1.54, 1.807) is 6.92 Å². The van der Waals surface area contributed by atoms with Crippen molar-refractivity contribution < 1.29 is 9.21 Å². The summed E-state index contributed by atoms with van der Waals surface area (Å²) in [4.78, 5) is 15.3. The summed E-state index contributed by atoms with van der Waals surface area (Å²) in [5.74, 6) is 0.112. The fourth-order valence-corrected chi connectivity index (χ4v) is 1.76. The average Bonchev–Trinajstić information content (AvgIpc) is 2.65. The summed E-state index contributed by atoms with van der Waals surface area (Å²) >= 11 is 3.10. The Kier molecular flexibility index (Phi) is 2.90. The molecule has 1 aliphatic heterocycles. The Hall–Kier alpha value is -1.11. The highest BCUT2D eigenvalue weighted by Gasteiger charge is 2.21. The fourth-order valence-electron chi connectivity index (χ4n) is 1.54. The number of aromatic nitrogens is 2. The standard InChI is InChI=1S/C8H11BrN4O2/c1-6(14)12-2-4-13(5-3-12)8-11-10-7(9)15-8/h2-5H2,1H3. The first-order valence-corrected chi connectivity index (χ1v) is 5.45. The number of carbonyl (C=O) groups excluding carboxylic acids is 1. The number of halogens is 1. The van der Waals surface area contributed by atoms with Crippen molar-refractivity contribution in [3.63, 3.8) is 0 Å². The zero-order valence-electron chi connectivity index (χ0n) is 8.31. The lowest BCUT2D eigenvalue weighted by Gasteiger charge is -2.32. The van der Waals surface area contributed by atoms with E-state index in [0.717, 1.165) is 13.1 Å². The van der Waals surface area contributed by atoms with Crippen LogP contribution >= 0.6 is 15.9 Å². The van der Waals surface area contributed by atoms with Crippen molar-refractivity contribution in [2.75, 3.05) is 31.1 Å². The molecule has 1 amide bonds. The van der Waals surface area contributed by atoms with Gasteiger partial charge in [0, 0.05) is 49.0 Å². The summed E-state index contributed by atoms with van der Waals surface area (Å²) in [7, 11) is 0. The first-order chi connectivity index (χ1) is 7.16. The lowest BCUT2D eigenvalue weighted by Crippen LogP contribution is -2.48. The van der Waals surface area contributed by atoms with Gasteiger partial charge in [0.1, 0.15) is 0 Å². The second-order valence-electron chi connectivity index (χ2n) is 3.33. The minimum absolute atomic E-state index is 0.112. The number of rotatable bonds is 1. The predicted molar refractivity (Wildman–Crippen MR) is 56.5 cm³/mol. The quantitative estimate of drug-likeness (QED) is 0.747. The Labute approximate surface area is 95.4 Å². The molecule has 0 atom stereocenters. The maximum atomic E-state index is 11.1. The van der Waals surface area contributed by atoms with Gasteiger partial charge in [0.25, 0.3) is 4.80 Å². The molecule has 1 aromatic heterocycles. The molecular formula is C8H11BrN4O2. The van der Waals surface area contributed by atoms with Crippen LogP contribution in [0.2, 0.25) is 0 Å². The molecule has 1 aliphatic rings. The predicted octanol–water partition coefficient (Wildman–Crippen LogP) is 0.501. The normalized spacial score (nSPS) is 16.9. The van der Waals surface area contributed by atoms with Crippen molar-refractivity contribution in [3.8, 4) is 0 Å². The molecule has 2 rings (SSSR count). The molecule has 1 saturated heterocycles. The molecule has 15 heavy (non-hydrogen) atoms. The molecule has 0 spiro atoms. The number of hydrogen-bond donors (Lipinski definition) is 0. The summed E-state index contributed by atoms with van der Waals surface area (Å²) in [5.41, 5.74) is 0.